The molecule has 37 nitrogen and oxygen atoms in total. The zero-order valence-corrected chi connectivity index (χ0v) is 41.4. The van der Waals surface area contributed by atoms with Crippen LogP contribution in [-0.2, 0) is 42.6 Å². The van der Waals surface area contributed by atoms with Crippen molar-refractivity contribution in [3.8, 4) is 0 Å². The molecule has 0 spiro atoms. The highest BCUT2D eigenvalue weighted by atomic mass is 32.1. The quantitative estimate of drug-likeness (QED) is 0.0262. The van der Waals surface area contributed by atoms with Gasteiger partial charge in [0.25, 0.3) is 0 Å². The van der Waals surface area contributed by atoms with E-state index < -0.39 is 224 Å². The summed E-state index contributed by atoms with van der Waals surface area (Å²) in [6.45, 7) is -2.74. The lowest BCUT2D eigenvalue weighted by molar-refractivity contribution is -0.372. The van der Waals surface area contributed by atoms with Gasteiger partial charge >= 0.3 is 0 Å². The van der Waals surface area contributed by atoms with Crippen molar-refractivity contribution in [3.05, 3.63) is 20.9 Å². The number of aliphatic hydroxyl groups is 18. The SMILES string of the molecule is [N-]=[N+]=NC[C@H]1O[C@H](O[C@H]2O[C@H](CNC(=S)NC[C@H]3O[C@H](O[C@H]4O[C@H](CNC(=S)NC[C@H]5O[C@H](O[C@H]6O[C@H](CN=[N+]=[N-])[C@@H](O)[C@H](O)[C@H]6O)[C@H](O)[C@@H](O)[C@@H]5O)[C@@H](O)[C@H](O)[C@H]4O)[C@H](O)[C@@H](O)[C@@H]3O)[C@@H](O)[C@H](O)[C@H]2O)[C@H](O)[C@@H](O)[C@@H]1O. The number of aliphatic hydroxyl groups excluding tert-OH is 18. The second-order valence-corrected chi connectivity index (χ2v) is 19.3. The van der Waals surface area contributed by atoms with Crippen LogP contribution in [0.25, 0.3) is 20.9 Å². The van der Waals surface area contributed by atoms with Gasteiger partial charge in [-0.05, 0) is 35.5 Å². The van der Waals surface area contributed by atoms with Crippen LogP contribution in [0, 0.1) is 0 Å². The van der Waals surface area contributed by atoms with Crippen LogP contribution in [0.3, 0.4) is 0 Å². The number of ether oxygens (including phenoxy) is 9. The molecular weight excluding hydrogens is 1090 g/mol. The van der Waals surface area contributed by atoms with Crippen LogP contribution in [0.2, 0.25) is 0 Å². The largest absolute Gasteiger partial charge is 0.388 e. The first-order valence-corrected chi connectivity index (χ1v) is 24.4. The average molecular weight is 1160 g/mol. The predicted octanol–water partition coefficient (Wildman–Crippen LogP) is -12.6. The van der Waals surface area contributed by atoms with E-state index in [1.54, 1.807) is 0 Å². The summed E-state index contributed by atoms with van der Waals surface area (Å²) >= 11 is 10.5. The molecule has 30 atom stereocenters. The summed E-state index contributed by atoms with van der Waals surface area (Å²) in [5.74, 6) is 0. The maximum absolute atomic E-state index is 10.8. The normalized spacial score (nSPS) is 47.4. The van der Waals surface area contributed by atoms with Crippen LogP contribution in [0.1, 0.15) is 0 Å². The Labute approximate surface area is 444 Å². The van der Waals surface area contributed by atoms with Gasteiger partial charge in [0.15, 0.2) is 48.0 Å². The van der Waals surface area contributed by atoms with E-state index in [-0.39, 0.29) is 10.2 Å². The van der Waals surface area contributed by atoms with Gasteiger partial charge in [0.05, 0.1) is 25.3 Å². The third-order valence-corrected chi connectivity index (χ3v) is 13.9. The third kappa shape index (κ3) is 14.9. The highest BCUT2D eigenvalue weighted by molar-refractivity contribution is 7.80. The van der Waals surface area contributed by atoms with Crippen molar-refractivity contribution in [2.45, 2.75) is 184 Å². The van der Waals surface area contributed by atoms with Gasteiger partial charge in [0.1, 0.15) is 134 Å². The van der Waals surface area contributed by atoms with Gasteiger partial charge in [-0.3, -0.25) is 0 Å². The number of hydrogen-bond acceptors (Lipinski definition) is 31. The molecule has 0 amide bonds. The van der Waals surface area contributed by atoms with Crippen molar-refractivity contribution in [1.29, 1.82) is 0 Å². The topological polar surface area (TPSA) is 593 Å². The Morgan fingerprint density at radius 1 is 0.325 bits per heavy atom. The molecule has 0 aliphatic carbocycles. The molecule has 0 radical (unpaired) electrons. The minimum atomic E-state index is -2.02. The molecule has 0 unspecified atom stereocenters. The van der Waals surface area contributed by atoms with Crippen LogP contribution >= 0.6 is 24.4 Å². The summed E-state index contributed by atoms with van der Waals surface area (Å²) in [4.78, 5) is 5.08. The summed E-state index contributed by atoms with van der Waals surface area (Å²) in [5, 5.41) is 207. The molecular formula is C38H64N10O27S2. The molecule has 77 heavy (non-hydrogen) atoms. The number of nitrogens with one attached hydrogen (secondary N) is 4. The first-order valence-electron chi connectivity index (χ1n) is 23.6. The molecule has 0 saturated carbocycles. The van der Waals surface area contributed by atoms with E-state index in [0.29, 0.717) is 0 Å². The molecule has 0 aromatic rings. The highest BCUT2D eigenvalue weighted by Gasteiger charge is 2.53. The molecule has 6 aliphatic heterocycles. The Hall–Kier alpha value is -3.08. The second-order valence-electron chi connectivity index (χ2n) is 18.5. The molecule has 6 rings (SSSR count). The molecule has 6 aliphatic rings. The number of azide groups is 2. The maximum atomic E-state index is 10.8. The van der Waals surface area contributed by atoms with Crippen molar-refractivity contribution >= 4 is 34.7 Å². The van der Waals surface area contributed by atoms with Crippen LogP contribution in [0.4, 0.5) is 0 Å². The van der Waals surface area contributed by atoms with Gasteiger partial charge in [-0.25, -0.2) is 0 Å². The van der Waals surface area contributed by atoms with E-state index in [9.17, 15) is 91.9 Å². The van der Waals surface area contributed by atoms with E-state index in [2.05, 4.69) is 41.3 Å². The molecule has 6 heterocycles. The molecule has 440 valence electrons. The molecule has 0 aromatic heterocycles. The van der Waals surface area contributed by atoms with Crippen molar-refractivity contribution in [1.82, 2.24) is 21.3 Å². The highest BCUT2D eigenvalue weighted by Crippen LogP contribution is 2.32. The first-order chi connectivity index (χ1) is 36.4. The van der Waals surface area contributed by atoms with Gasteiger partial charge < -0.3 is 156 Å². The molecule has 0 aromatic carbocycles. The van der Waals surface area contributed by atoms with E-state index in [1.165, 1.54) is 0 Å². The van der Waals surface area contributed by atoms with Crippen LogP contribution in [0.15, 0.2) is 10.2 Å². The number of thiocarbonyl (C=S) groups is 2. The average Bonchev–Trinajstić information content (AvgIpc) is 3.42. The fourth-order valence-corrected chi connectivity index (χ4v) is 9.01. The van der Waals surface area contributed by atoms with Crippen molar-refractivity contribution in [3.63, 3.8) is 0 Å². The van der Waals surface area contributed by atoms with Gasteiger partial charge in [-0.15, -0.1) is 0 Å². The number of hydrogen-bond donors (Lipinski definition) is 22. The summed E-state index contributed by atoms with van der Waals surface area (Å²) < 4.78 is 49.9. The molecule has 6 saturated heterocycles. The number of rotatable bonds is 18. The summed E-state index contributed by atoms with van der Waals surface area (Å²) in [5.41, 5.74) is 17.3. The zero-order chi connectivity index (χ0) is 56.7. The smallest absolute Gasteiger partial charge is 0.189 e. The maximum Gasteiger partial charge on any atom is 0.189 e. The zero-order valence-electron chi connectivity index (χ0n) is 39.8. The molecule has 0 bridgehead atoms. The molecule has 6 fully saturated rings. The van der Waals surface area contributed by atoms with Crippen molar-refractivity contribution < 1.29 is 135 Å². The van der Waals surface area contributed by atoms with Crippen LogP contribution < -0.4 is 21.3 Å². The van der Waals surface area contributed by atoms with E-state index in [1.807, 2.05) is 0 Å². The standard InChI is InChI=1S/C38H64N10O27S2/c39-47-45-5-11-17(53)23(59)29(65)35(71-11)74-33-27(63)21(57)15(51)9(69-33)3-43-37(76)41-1-7-13(49)19(55)25(61)31(67-7)73-32-26(62)20(56)14(50)8(68-32)2-42-38(77)44-4-10-16(52)22(58)28(64)34(70-10)75-36-30(66)24(60)18(54)12(72-36)6-46-48-40/h7-36,49-66H,1-6H2,(H2,41,43,76)(H2,42,44,77)/t7-,8-,9-,10-,11-,12-,13-,14-,15-,16-,17-,18-,19+,20+,21+,22+,23+,24+,25-,26-,27-,28-,29-,30-,31-,32-,33-,34-,35-,36-/m1/s1. The van der Waals surface area contributed by atoms with E-state index in [4.69, 9.17) is 78.1 Å². The Balaban J connectivity index is 0.976. The van der Waals surface area contributed by atoms with E-state index >= 15 is 0 Å². The molecule has 39 heteroatoms. The Morgan fingerprint density at radius 3 is 0.701 bits per heavy atom. The van der Waals surface area contributed by atoms with Crippen LogP contribution in [-0.4, -0.2) is 326 Å². The van der Waals surface area contributed by atoms with Gasteiger partial charge in [0, 0.05) is 36.0 Å². The Kier molecular flexibility index (Phi) is 23.0. The lowest BCUT2D eigenvalue weighted by Crippen LogP contribution is -2.65. The monoisotopic (exact) mass is 1160 g/mol. The van der Waals surface area contributed by atoms with Crippen molar-refractivity contribution in [2.75, 3.05) is 39.3 Å². The summed E-state index contributed by atoms with van der Waals surface area (Å²) in [7, 11) is 0. The lowest BCUT2D eigenvalue weighted by atomic mass is 9.97. The summed E-state index contributed by atoms with van der Waals surface area (Å²) in [6.07, 6.45) is -53.6. The third-order valence-electron chi connectivity index (χ3n) is 13.3. The first kappa shape index (κ1) is 63.1. The Bertz CT molecular complexity index is 1900. The lowest BCUT2D eigenvalue weighted by Gasteiger charge is -2.45. The minimum absolute atomic E-state index is 0.229. The second kappa shape index (κ2) is 28.1. The summed E-state index contributed by atoms with van der Waals surface area (Å²) in [6, 6.07) is 0. The van der Waals surface area contributed by atoms with Crippen LogP contribution in [0.5, 0.6) is 0 Å². The van der Waals surface area contributed by atoms with Gasteiger partial charge in [-0.2, -0.15) is 0 Å². The fraction of sp³-hybridized carbons (Fsp3) is 0.947. The fourth-order valence-electron chi connectivity index (χ4n) is 8.68. The predicted molar refractivity (Wildman–Crippen MR) is 249 cm³/mol. The number of nitrogens with zero attached hydrogens (tertiary/aromatic N) is 6. The van der Waals surface area contributed by atoms with E-state index in [0.717, 1.165) is 0 Å². The van der Waals surface area contributed by atoms with Gasteiger partial charge in [-0.1, -0.05) is 10.2 Å². The Morgan fingerprint density at radius 2 is 0.506 bits per heavy atom. The van der Waals surface area contributed by atoms with Gasteiger partial charge in [0.2, 0.25) is 0 Å². The molecule has 22 N–H and O–H groups in total. The van der Waals surface area contributed by atoms with Crippen molar-refractivity contribution in [2.24, 2.45) is 10.2 Å². The minimum Gasteiger partial charge on any atom is -0.388 e.